The smallest absolute Gasteiger partial charge is 0.490 e. The van der Waals surface area contributed by atoms with Crippen molar-refractivity contribution in [2.24, 2.45) is 0 Å². The largest absolute Gasteiger partial charge is 0.494 e. The number of benzene rings is 1. The van der Waals surface area contributed by atoms with Gasteiger partial charge >= 0.3 is 12.1 Å². The van der Waals surface area contributed by atoms with Crippen molar-refractivity contribution in [3.05, 3.63) is 41.0 Å². The van der Waals surface area contributed by atoms with Crippen LogP contribution in [-0.4, -0.2) is 81.9 Å². The average molecular weight is 625 g/mol. The summed E-state index contributed by atoms with van der Waals surface area (Å²) in [6.07, 6.45) is -3.29. The van der Waals surface area contributed by atoms with Crippen LogP contribution in [0.3, 0.4) is 0 Å². The first-order valence-electron chi connectivity index (χ1n) is 14.2. The van der Waals surface area contributed by atoms with Gasteiger partial charge in [-0.15, -0.1) is 10.2 Å². The maximum atomic E-state index is 13.6. The molecule has 2 aromatic heterocycles. The Hall–Kier alpha value is -4.14. The average Bonchev–Trinajstić information content (AvgIpc) is 3.28. The number of methoxy groups -OCH3 is 1. The second-order valence-corrected chi connectivity index (χ2v) is 11.1. The van der Waals surface area contributed by atoms with Crippen LogP contribution in [0, 0.1) is 5.41 Å². The summed E-state index contributed by atoms with van der Waals surface area (Å²) in [5.41, 5.74) is 2.65. The number of hydrogen-bond acceptors (Lipinski definition) is 9. The first-order chi connectivity index (χ1) is 20.6. The highest BCUT2D eigenvalue weighted by Crippen LogP contribution is 2.40. The quantitative estimate of drug-likeness (QED) is 0.334. The first kappa shape index (κ1) is 34.4. The third kappa shape index (κ3) is 8.27. The molecule has 4 rings (SSSR count). The van der Waals surface area contributed by atoms with Crippen molar-refractivity contribution in [1.82, 2.24) is 19.4 Å². The van der Waals surface area contributed by atoms with Crippen molar-refractivity contribution in [3.8, 4) is 11.6 Å². The highest BCUT2D eigenvalue weighted by atomic mass is 19.4. The van der Waals surface area contributed by atoms with E-state index < -0.39 is 12.1 Å². The number of Topliss-reactive ketones (excluding diaryl/α,β-unsaturated/α-hetero) is 1. The number of ketones is 1. The van der Waals surface area contributed by atoms with Gasteiger partial charge in [0.2, 0.25) is 11.5 Å². The number of carboxylic acids is 1. The van der Waals surface area contributed by atoms with Crippen LogP contribution in [0.1, 0.15) is 63.4 Å². The highest BCUT2D eigenvalue weighted by molar-refractivity contribution is 5.97. The minimum absolute atomic E-state index is 0.0105. The Bertz CT molecular complexity index is 1520. The van der Waals surface area contributed by atoms with E-state index in [0.717, 1.165) is 42.9 Å². The van der Waals surface area contributed by atoms with Crippen LogP contribution < -0.4 is 20.0 Å². The van der Waals surface area contributed by atoms with Gasteiger partial charge < -0.3 is 24.2 Å². The maximum Gasteiger partial charge on any atom is 0.490 e. The van der Waals surface area contributed by atoms with E-state index in [0.29, 0.717) is 30.3 Å². The Morgan fingerprint density at radius 1 is 1.09 bits per heavy atom. The van der Waals surface area contributed by atoms with E-state index in [9.17, 15) is 18.0 Å². The molecular weight excluding hydrogens is 585 g/mol. The van der Waals surface area contributed by atoms with Gasteiger partial charge in [0.15, 0.2) is 11.4 Å². The van der Waals surface area contributed by atoms with Gasteiger partial charge in [-0.1, -0.05) is 34.6 Å². The van der Waals surface area contributed by atoms with Crippen molar-refractivity contribution in [1.29, 1.82) is 5.41 Å². The van der Waals surface area contributed by atoms with Gasteiger partial charge in [-0.05, 0) is 36.5 Å². The Kier molecular flexibility index (Phi) is 11.0. The molecule has 0 bridgehead atoms. The van der Waals surface area contributed by atoms with Gasteiger partial charge in [0, 0.05) is 30.3 Å². The molecule has 1 aromatic carbocycles. The minimum Gasteiger partial charge on any atom is -0.494 e. The molecule has 1 aliphatic heterocycles. The summed E-state index contributed by atoms with van der Waals surface area (Å²) in [4.78, 5) is 24.7. The molecule has 2 N–H and O–H groups in total. The number of aliphatic carboxylic acids is 1. The van der Waals surface area contributed by atoms with Crippen LogP contribution in [0.2, 0.25) is 0 Å². The summed E-state index contributed by atoms with van der Waals surface area (Å²) in [6.45, 7) is 13.1. The molecule has 0 unspecified atom stereocenters. The topological polar surface area (TPSA) is 144 Å². The third-order valence-corrected chi connectivity index (χ3v) is 6.95. The zero-order valence-corrected chi connectivity index (χ0v) is 25.7. The molecule has 44 heavy (non-hydrogen) atoms. The summed E-state index contributed by atoms with van der Waals surface area (Å²) in [6, 6.07) is 7.30. The lowest BCUT2D eigenvalue weighted by atomic mass is 9.84. The molecule has 3 aromatic rings. The molecular formula is C29H39F3N6O6. The number of aromatic nitrogens is 4. The molecule has 242 valence electrons. The lowest BCUT2D eigenvalue weighted by Crippen LogP contribution is -2.37. The Balaban J connectivity index is 0.000000676. The predicted molar refractivity (Wildman–Crippen MR) is 155 cm³/mol. The zero-order chi connectivity index (χ0) is 32.8. The second kappa shape index (κ2) is 14.1. The van der Waals surface area contributed by atoms with Gasteiger partial charge in [-0.25, -0.2) is 9.48 Å². The SMILES string of the molecule is CCC(CC)Oc1ccc2nn(CC(=O)c3cc(N4CCOCC4)c(OC)c(C(C)(C)C)c3)c(=N)n2n1.O=C(O)C(F)(F)F. The number of alkyl halides is 3. The van der Waals surface area contributed by atoms with E-state index >= 15 is 0 Å². The Labute approximate surface area is 252 Å². The summed E-state index contributed by atoms with van der Waals surface area (Å²) in [5.74, 6) is -1.68. The lowest BCUT2D eigenvalue weighted by molar-refractivity contribution is -0.192. The van der Waals surface area contributed by atoms with E-state index in [-0.39, 0.29) is 29.5 Å². The standard InChI is InChI=1S/C27H38N6O4.C2HF3O2/c1-7-19(8-2)37-24-10-9-23-29-32(26(28)33(23)30-24)17-22(34)18-15-20(27(3,4)5)25(35-6)21(16-18)31-11-13-36-14-12-31;3-2(4,5)1(6)7/h9-10,15-16,19,28H,7-8,11-14,17H2,1-6H3;(H,6,7). The van der Waals surface area contributed by atoms with Crippen LogP contribution in [0.25, 0.3) is 5.65 Å². The van der Waals surface area contributed by atoms with Gasteiger partial charge in [0.25, 0.3) is 0 Å². The molecule has 0 atom stereocenters. The molecule has 1 saturated heterocycles. The number of fused-ring (bicyclic) bond motifs is 1. The molecule has 0 saturated carbocycles. The fourth-order valence-electron chi connectivity index (χ4n) is 4.52. The van der Waals surface area contributed by atoms with E-state index in [1.165, 1.54) is 9.20 Å². The van der Waals surface area contributed by atoms with E-state index in [4.69, 9.17) is 29.5 Å². The normalized spacial score (nSPS) is 13.9. The highest BCUT2D eigenvalue weighted by Gasteiger charge is 2.38. The van der Waals surface area contributed by atoms with Crippen molar-refractivity contribution >= 4 is 23.1 Å². The van der Waals surface area contributed by atoms with Crippen LogP contribution in [-0.2, 0) is 21.5 Å². The van der Waals surface area contributed by atoms with Crippen LogP contribution in [0.15, 0.2) is 24.3 Å². The number of carbonyl (C=O) groups is 2. The maximum absolute atomic E-state index is 13.6. The van der Waals surface area contributed by atoms with Gasteiger partial charge in [-0.3, -0.25) is 10.2 Å². The number of carboxylic acid groups (broad SMARTS) is 1. The zero-order valence-electron chi connectivity index (χ0n) is 25.7. The van der Waals surface area contributed by atoms with Crippen LogP contribution >= 0.6 is 0 Å². The molecule has 0 amide bonds. The van der Waals surface area contributed by atoms with Gasteiger partial charge in [-0.2, -0.15) is 17.7 Å². The monoisotopic (exact) mass is 624 g/mol. The minimum atomic E-state index is -5.08. The first-order valence-corrected chi connectivity index (χ1v) is 14.2. The number of ether oxygens (including phenoxy) is 3. The van der Waals surface area contributed by atoms with Crippen molar-refractivity contribution in [2.45, 2.75) is 71.7 Å². The van der Waals surface area contributed by atoms with Crippen molar-refractivity contribution in [3.63, 3.8) is 0 Å². The summed E-state index contributed by atoms with van der Waals surface area (Å²) in [7, 11) is 1.67. The fourth-order valence-corrected chi connectivity index (χ4v) is 4.52. The molecule has 3 heterocycles. The fraction of sp³-hybridized carbons (Fsp3) is 0.552. The van der Waals surface area contributed by atoms with Gasteiger partial charge in [0.1, 0.15) is 12.3 Å². The summed E-state index contributed by atoms with van der Waals surface area (Å²) >= 11 is 0. The van der Waals surface area contributed by atoms with Crippen LogP contribution in [0.5, 0.6) is 11.6 Å². The molecule has 1 fully saturated rings. The molecule has 1 aliphatic rings. The van der Waals surface area contributed by atoms with E-state index in [2.05, 4.69) is 49.7 Å². The number of nitrogens with zero attached hydrogens (tertiary/aromatic N) is 5. The number of halogens is 3. The number of rotatable bonds is 9. The molecule has 0 radical (unpaired) electrons. The molecule has 0 spiro atoms. The number of nitrogens with one attached hydrogen (secondary N) is 1. The van der Waals surface area contributed by atoms with Crippen LogP contribution in [0.4, 0.5) is 18.9 Å². The second-order valence-electron chi connectivity index (χ2n) is 11.1. The number of morpholine rings is 1. The number of carbonyl (C=O) groups excluding carboxylic acids is 1. The van der Waals surface area contributed by atoms with Crippen molar-refractivity contribution in [2.75, 3.05) is 38.3 Å². The molecule has 15 heteroatoms. The Morgan fingerprint density at radius 3 is 2.23 bits per heavy atom. The molecule has 0 aliphatic carbocycles. The number of anilines is 1. The molecule has 12 nitrogen and oxygen atoms in total. The number of hydrogen-bond donors (Lipinski definition) is 2. The summed E-state index contributed by atoms with van der Waals surface area (Å²) in [5, 5.41) is 24.6. The third-order valence-electron chi connectivity index (χ3n) is 6.95. The Morgan fingerprint density at radius 2 is 1.70 bits per heavy atom. The van der Waals surface area contributed by atoms with Crippen molar-refractivity contribution < 1.29 is 42.1 Å². The van der Waals surface area contributed by atoms with E-state index in [1.54, 1.807) is 19.2 Å². The van der Waals surface area contributed by atoms with Gasteiger partial charge in [0.05, 0.1) is 32.1 Å². The lowest BCUT2D eigenvalue weighted by Gasteiger charge is -2.33. The predicted octanol–water partition coefficient (Wildman–Crippen LogP) is 4.24. The van der Waals surface area contributed by atoms with E-state index in [1.807, 2.05) is 12.1 Å². The summed E-state index contributed by atoms with van der Waals surface area (Å²) < 4.78 is 51.8.